The monoisotopic (exact) mass is 481 g/mol. The molecule has 3 aromatic carbocycles. The van der Waals surface area contributed by atoms with Gasteiger partial charge >= 0.3 is 0 Å². The van der Waals surface area contributed by atoms with Crippen LogP contribution < -0.4 is 10.9 Å². The fourth-order valence-electron chi connectivity index (χ4n) is 4.21. The SMILES string of the molecule is O=C(NNC(=O)c1cccc(CN2CCCC2)c1)c1ccc(Cn2nnc(-c3ccccc3)n2)cc1. The lowest BCUT2D eigenvalue weighted by Crippen LogP contribution is -2.41. The molecule has 0 radical (unpaired) electrons. The second-order valence-electron chi connectivity index (χ2n) is 8.80. The first-order valence-electron chi connectivity index (χ1n) is 12.0. The minimum Gasteiger partial charge on any atom is -0.299 e. The maximum Gasteiger partial charge on any atom is 0.269 e. The van der Waals surface area contributed by atoms with Gasteiger partial charge in [0.2, 0.25) is 5.82 Å². The van der Waals surface area contributed by atoms with Gasteiger partial charge in [-0.3, -0.25) is 25.3 Å². The van der Waals surface area contributed by atoms with E-state index in [0.29, 0.717) is 23.5 Å². The first kappa shape index (κ1) is 23.4. The van der Waals surface area contributed by atoms with Crippen molar-refractivity contribution >= 4 is 11.8 Å². The van der Waals surface area contributed by atoms with E-state index in [1.54, 1.807) is 18.2 Å². The Bertz CT molecular complexity index is 1330. The number of nitrogens with one attached hydrogen (secondary N) is 2. The number of aromatic nitrogens is 4. The van der Waals surface area contributed by atoms with E-state index in [-0.39, 0.29) is 5.91 Å². The number of likely N-dealkylation sites (tertiary alicyclic amines) is 1. The molecule has 36 heavy (non-hydrogen) atoms. The van der Waals surface area contributed by atoms with E-state index in [9.17, 15) is 9.59 Å². The number of amides is 2. The Labute approximate surface area is 209 Å². The van der Waals surface area contributed by atoms with E-state index in [1.807, 2.05) is 60.7 Å². The number of hydrazine groups is 1. The normalized spacial score (nSPS) is 13.4. The minimum absolute atomic E-state index is 0.352. The summed E-state index contributed by atoms with van der Waals surface area (Å²) in [4.78, 5) is 29.0. The maximum atomic E-state index is 12.6. The predicted molar refractivity (Wildman–Crippen MR) is 135 cm³/mol. The fourth-order valence-corrected chi connectivity index (χ4v) is 4.21. The third-order valence-corrected chi connectivity index (χ3v) is 6.11. The molecule has 0 bridgehead atoms. The smallest absolute Gasteiger partial charge is 0.269 e. The molecule has 1 aliphatic heterocycles. The Balaban J connectivity index is 1.14. The molecule has 2 heterocycles. The average molecular weight is 482 g/mol. The van der Waals surface area contributed by atoms with Crippen LogP contribution in [0.5, 0.6) is 0 Å². The van der Waals surface area contributed by atoms with E-state index >= 15 is 0 Å². The summed E-state index contributed by atoms with van der Waals surface area (Å²) < 4.78 is 0. The highest BCUT2D eigenvalue weighted by Crippen LogP contribution is 2.15. The molecule has 9 heteroatoms. The first-order valence-corrected chi connectivity index (χ1v) is 12.0. The molecule has 0 spiro atoms. The first-order chi connectivity index (χ1) is 17.6. The molecule has 0 aliphatic carbocycles. The standard InChI is InChI=1S/C27H27N7O2/c35-26(29-30-27(36)24-10-6-7-21(17-24)18-33-15-4-5-16-33)23-13-11-20(12-14-23)19-34-31-25(28-32-34)22-8-2-1-3-9-22/h1-3,6-14,17H,4-5,15-16,18-19H2,(H,29,35)(H,30,36). The zero-order valence-electron chi connectivity index (χ0n) is 19.8. The van der Waals surface area contributed by atoms with Crippen LogP contribution in [0.2, 0.25) is 0 Å². The zero-order valence-corrected chi connectivity index (χ0v) is 19.8. The van der Waals surface area contributed by atoms with Gasteiger partial charge in [-0.2, -0.15) is 4.80 Å². The number of rotatable bonds is 7. The van der Waals surface area contributed by atoms with E-state index < -0.39 is 5.91 Å². The fraction of sp³-hybridized carbons (Fsp3) is 0.222. The van der Waals surface area contributed by atoms with Crippen LogP contribution >= 0.6 is 0 Å². The molecule has 1 fully saturated rings. The van der Waals surface area contributed by atoms with Gasteiger partial charge in [-0.05, 0) is 66.5 Å². The molecule has 2 amide bonds. The van der Waals surface area contributed by atoms with Crippen molar-refractivity contribution in [2.45, 2.75) is 25.9 Å². The Morgan fingerprint density at radius 2 is 1.47 bits per heavy atom. The maximum absolute atomic E-state index is 12.6. The summed E-state index contributed by atoms with van der Waals surface area (Å²) in [6, 6.07) is 24.2. The molecule has 1 aromatic heterocycles. The number of benzene rings is 3. The number of tetrazole rings is 1. The van der Waals surface area contributed by atoms with E-state index in [4.69, 9.17) is 0 Å². The van der Waals surface area contributed by atoms with Crippen LogP contribution in [-0.4, -0.2) is 50.0 Å². The molecule has 4 aromatic rings. The molecule has 1 saturated heterocycles. The lowest BCUT2D eigenvalue weighted by atomic mass is 10.1. The lowest BCUT2D eigenvalue weighted by molar-refractivity contribution is 0.0846. The minimum atomic E-state index is -0.395. The lowest BCUT2D eigenvalue weighted by Gasteiger charge is -2.15. The zero-order chi connectivity index (χ0) is 24.7. The molecule has 0 atom stereocenters. The van der Waals surface area contributed by atoms with Gasteiger partial charge in [0.25, 0.3) is 11.8 Å². The van der Waals surface area contributed by atoms with Gasteiger partial charge in [-0.1, -0.05) is 54.6 Å². The van der Waals surface area contributed by atoms with Gasteiger partial charge in [0.05, 0.1) is 6.54 Å². The summed E-state index contributed by atoms with van der Waals surface area (Å²) in [5.74, 6) is -0.188. The molecule has 0 unspecified atom stereocenters. The molecule has 182 valence electrons. The van der Waals surface area contributed by atoms with Gasteiger partial charge in [-0.25, -0.2) is 0 Å². The third-order valence-electron chi connectivity index (χ3n) is 6.11. The molecule has 5 rings (SSSR count). The summed E-state index contributed by atoms with van der Waals surface area (Å²) in [6.07, 6.45) is 2.44. The quantitative estimate of drug-likeness (QED) is 0.393. The van der Waals surface area contributed by atoms with Crippen LogP contribution in [0, 0.1) is 0 Å². The molecule has 0 saturated carbocycles. The second kappa shape index (κ2) is 10.9. The van der Waals surface area contributed by atoms with Crippen molar-refractivity contribution in [1.82, 2.24) is 36.0 Å². The average Bonchev–Trinajstić information content (AvgIpc) is 3.61. The summed E-state index contributed by atoms with van der Waals surface area (Å²) in [6.45, 7) is 3.44. The van der Waals surface area contributed by atoms with Crippen molar-refractivity contribution in [1.29, 1.82) is 0 Å². The predicted octanol–water partition coefficient (Wildman–Crippen LogP) is 3.06. The van der Waals surface area contributed by atoms with Gasteiger partial charge in [0, 0.05) is 23.2 Å². The van der Waals surface area contributed by atoms with Crippen LogP contribution in [0.25, 0.3) is 11.4 Å². The van der Waals surface area contributed by atoms with E-state index in [1.165, 1.54) is 17.6 Å². The molecule has 2 N–H and O–H groups in total. The van der Waals surface area contributed by atoms with Crippen molar-refractivity contribution in [2.75, 3.05) is 13.1 Å². The number of hydrogen-bond acceptors (Lipinski definition) is 6. The van der Waals surface area contributed by atoms with Crippen molar-refractivity contribution in [3.63, 3.8) is 0 Å². The van der Waals surface area contributed by atoms with Crippen LogP contribution in [0.3, 0.4) is 0 Å². The molecular formula is C27H27N7O2. The van der Waals surface area contributed by atoms with Gasteiger partial charge in [0.1, 0.15) is 0 Å². The van der Waals surface area contributed by atoms with Crippen molar-refractivity contribution < 1.29 is 9.59 Å². The summed E-state index contributed by atoms with van der Waals surface area (Å²) >= 11 is 0. The second-order valence-corrected chi connectivity index (χ2v) is 8.80. The molecular weight excluding hydrogens is 454 g/mol. The summed E-state index contributed by atoms with van der Waals surface area (Å²) in [5.41, 5.74) is 8.84. The van der Waals surface area contributed by atoms with Gasteiger partial charge < -0.3 is 0 Å². The highest BCUT2D eigenvalue weighted by Gasteiger charge is 2.14. The Kier molecular flexibility index (Phi) is 7.09. The highest BCUT2D eigenvalue weighted by molar-refractivity contribution is 5.99. The molecule has 9 nitrogen and oxygen atoms in total. The topological polar surface area (TPSA) is 105 Å². The Morgan fingerprint density at radius 3 is 2.22 bits per heavy atom. The van der Waals surface area contributed by atoms with E-state index in [2.05, 4.69) is 31.2 Å². The van der Waals surface area contributed by atoms with Crippen LogP contribution in [0.4, 0.5) is 0 Å². The number of carbonyl (C=O) groups excluding carboxylic acids is 2. The Hall–Kier alpha value is -4.37. The Morgan fingerprint density at radius 1 is 0.750 bits per heavy atom. The number of hydrogen-bond donors (Lipinski definition) is 2. The van der Waals surface area contributed by atoms with Crippen molar-refractivity contribution in [3.8, 4) is 11.4 Å². The van der Waals surface area contributed by atoms with Crippen molar-refractivity contribution in [3.05, 3.63) is 101 Å². The van der Waals surface area contributed by atoms with Gasteiger partial charge in [-0.15, -0.1) is 10.2 Å². The van der Waals surface area contributed by atoms with Crippen LogP contribution in [0.15, 0.2) is 78.9 Å². The van der Waals surface area contributed by atoms with Crippen LogP contribution in [-0.2, 0) is 13.1 Å². The summed E-state index contributed by atoms with van der Waals surface area (Å²) in [5, 5.41) is 12.6. The number of nitrogens with zero attached hydrogens (tertiary/aromatic N) is 5. The van der Waals surface area contributed by atoms with Crippen LogP contribution in [0.1, 0.15) is 44.7 Å². The third kappa shape index (κ3) is 5.81. The highest BCUT2D eigenvalue weighted by atomic mass is 16.2. The summed E-state index contributed by atoms with van der Waals surface area (Å²) in [7, 11) is 0. The largest absolute Gasteiger partial charge is 0.299 e. The number of carbonyl (C=O) groups is 2. The van der Waals surface area contributed by atoms with Crippen molar-refractivity contribution in [2.24, 2.45) is 0 Å². The van der Waals surface area contributed by atoms with E-state index in [0.717, 1.165) is 36.3 Å². The van der Waals surface area contributed by atoms with Gasteiger partial charge in [0.15, 0.2) is 0 Å². The molecule has 1 aliphatic rings.